The van der Waals surface area contributed by atoms with Gasteiger partial charge in [-0.3, -0.25) is 14.4 Å². The van der Waals surface area contributed by atoms with Gasteiger partial charge in [0.2, 0.25) is 0 Å². The van der Waals surface area contributed by atoms with E-state index in [1.165, 1.54) is 0 Å². The molecule has 7 nitrogen and oxygen atoms in total. The maximum Gasteiger partial charge on any atom is 0.411 e. The summed E-state index contributed by atoms with van der Waals surface area (Å²) in [4.78, 5) is 27.8. The number of aromatic nitrogens is 2. The molecule has 2 fully saturated rings. The summed E-state index contributed by atoms with van der Waals surface area (Å²) in [6.07, 6.45) is 4.96. The monoisotopic (exact) mass is 446 g/mol. The van der Waals surface area contributed by atoms with E-state index in [1.54, 1.807) is 4.68 Å². The number of carbonyl (C=O) groups excluding carboxylic acids is 2. The van der Waals surface area contributed by atoms with Gasteiger partial charge in [0.25, 0.3) is 5.91 Å². The number of carbonyl (C=O) groups is 2. The molecule has 7 heteroatoms. The molecule has 1 aliphatic carbocycles. The predicted octanol–water partition coefficient (Wildman–Crippen LogP) is 4.59. The molecule has 0 unspecified atom stereocenters. The lowest BCUT2D eigenvalue weighted by Gasteiger charge is -2.38. The second-order valence-electron chi connectivity index (χ2n) is 9.72. The largest absolute Gasteiger partial charge is 0.441 e. The van der Waals surface area contributed by atoms with Crippen molar-refractivity contribution >= 4 is 22.9 Å². The van der Waals surface area contributed by atoms with E-state index < -0.39 is 5.60 Å². The number of nitrogens with one attached hydrogen (secondary N) is 1. The van der Waals surface area contributed by atoms with Crippen LogP contribution in [0.1, 0.15) is 61.5 Å². The summed E-state index contributed by atoms with van der Waals surface area (Å²) in [5, 5.41) is 8.60. The van der Waals surface area contributed by atoms with E-state index in [1.807, 2.05) is 68.4 Å². The van der Waals surface area contributed by atoms with E-state index in [9.17, 15) is 9.59 Å². The highest BCUT2D eigenvalue weighted by Crippen LogP contribution is 2.44. The van der Waals surface area contributed by atoms with Crippen LogP contribution in [0.2, 0.25) is 0 Å². The van der Waals surface area contributed by atoms with Gasteiger partial charge in [-0.2, -0.15) is 5.10 Å². The fraction of sp³-hybridized carbons (Fsp3) is 0.423. The van der Waals surface area contributed by atoms with E-state index in [-0.39, 0.29) is 30.1 Å². The van der Waals surface area contributed by atoms with Gasteiger partial charge in [-0.05, 0) is 51.2 Å². The van der Waals surface area contributed by atoms with Crippen LogP contribution in [-0.2, 0) is 11.8 Å². The van der Waals surface area contributed by atoms with Crippen LogP contribution in [0.25, 0.3) is 10.9 Å². The summed E-state index contributed by atoms with van der Waals surface area (Å²) >= 11 is 0. The number of nitrogens with zero attached hydrogens (tertiary/aromatic N) is 3. The third-order valence-corrected chi connectivity index (χ3v) is 6.93. The van der Waals surface area contributed by atoms with Gasteiger partial charge in [-0.1, -0.05) is 42.5 Å². The highest BCUT2D eigenvalue weighted by Gasteiger charge is 2.51. The summed E-state index contributed by atoms with van der Waals surface area (Å²) in [6, 6.07) is 15.8. The highest BCUT2D eigenvalue weighted by molar-refractivity contribution is 6.05. The molecular formula is C26H30N4O3. The van der Waals surface area contributed by atoms with Gasteiger partial charge in [0, 0.05) is 30.7 Å². The zero-order valence-electron chi connectivity index (χ0n) is 19.3. The van der Waals surface area contributed by atoms with Crippen molar-refractivity contribution in [2.75, 3.05) is 0 Å². The Hall–Kier alpha value is -3.35. The third kappa shape index (κ3) is 3.96. The molecule has 0 radical (unpaired) electrons. The normalized spacial score (nSPS) is 24.6. The number of amides is 2. The Bertz CT molecular complexity index is 1180. The summed E-state index contributed by atoms with van der Waals surface area (Å²) in [5.41, 5.74) is 1.82. The van der Waals surface area contributed by atoms with Crippen molar-refractivity contribution in [3.8, 4) is 0 Å². The van der Waals surface area contributed by atoms with E-state index in [4.69, 9.17) is 4.74 Å². The van der Waals surface area contributed by atoms with Gasteiger partial charge in [0.05, 0.1) is 11.6 Å². The zero-order chi connectivity index (χ0) is 23.2. The number of aryl methyl sites for hydroxylation is 1. The number of ether oxygens (including phenoxy) is 1. The van der Waals surface area contributed by atoms with E-state index >= 15 is 0 Å². The van der Waals surface area contributed by atoms with Crippen LogP contribution < -0.4 is 5.32 Å². The molecule has 5 rings (SSSR count). The first-order valence-corrected chi connectivity index (χ1v) is 11.6. The molecular weight excluding hydrogens is 416 g/mol. The van der Waals surface area contributed by atoms with Crippen molar-refractivity contribution in [2.24, 2.45) is 7.05 Å². The number of fused-ring (bicyclic) bond motifs is 1. The molecule has 2 aromatic carbocycles. The molecule has 2 heterocycles. The second kappa shape index (κ2) is 8.21. The lowest BCUT2D eigenvalue weighted by Crippen LogP contribution is -2.46. The van der Waals surface area contributed by atoms with Gasteiger partial charge in [0.1, 0.15) is 11.1 Å². The minimum absolute atomic E-state index is 0.0783. The number of hydrogen-bond acceptors (Lipinski definition) is 4. The van der Waals surface area contributed by atoms with Gasteiger partial charge in [-0.15, -0.1) is 0 Å². The molecule has 2 aliphatic rings. The average Bonchev–Trinajstić information content (AvgIpc) is 3.29. The maximum absolute atomic E-state index is 13.0. The first-order valence-electron chi connectivity index (χ1n) is 11.6. The molecule has 33 heavy (non-hydrogen) atoms. The van der Waals surface area contributed by atoms with E-state index in [0.29, 0.717) is 5.56 Å². The molecule has 3 aromatic rings. The fourth-order valence-corrected chi connectivity index (χ4v) is 5.44. The quantitative estimate of drug-likeness (QED) is 0.636. The summed E-state index contributed by atoms with van der Waals surface area (Å²) in [5.74, 6) is -0.0911. The number of benzene rings is 2. The predicted molar refractivity (Wildman–Crippen MR) is 126 cm³/mol. The lowest BCUT2D eigenvalue weighted by atomic mass is 9.86. The Labute approximate surface area is 193 Å². The minimum Gasteiger partial charge on any atom is -0.441 e. The average molecular weight is 447 g/mol. The minimum atomic E-state index is -0.592. The number of hydrogen-bond donors (Lipinski definition) is 1. The van der Waals surface area contributed by atoms with E-state index in [0.717, 1.165) is 42.1 Å². The molecule has 172 valence electrons. The number of cyclic esters (lactones) is 1. The van der Waals surface area contributed by atoms with Crippen molar-refractivity contribution in [2.45, 2.75) is 63.3 Å². The van der Waals surface area contributed by atoms with Crippen LogP contribution in [0.5, 0.6) is 0 Å². The fourth-order valence-electron chi connectivity index (χ4n) is 5.44. The first-order chi connectivity index (χ1) is 15.8. The van der Waals surface area contributed by atoms with E-state index in [2.05, 4.69) is 22.5 Å². The summed E-state index contributed by atoms with van der Waals surface area (Å²) in [7, 11) is 1.86. The molecule has 1 N–H and O–H groups in total. The Morgan fingerprint density at radius 1 is 1.06 bits per heavy atom. The van der Waals surface area contributed by atoms with Crippen molar-refractivity contribution < 1.29 is 14.3 Å². The van der Waals surface area contributed by atoms with Crippen molar-refractivity contribution in [3.63, 3.8) is 0 Å². The van der Waals surface area contributed by atoms with Gasteiger partial charge < -0.3 is 10.1 Å². The third-order valence-electron chi connectivity index (χ3n) is 6.93. The molecule has 1 saturated carbocycles. The molecule has 1 saturated heterocycles. The van der Waals surface area contributed by atoms with Crippen LogP contribution >= 0.6 is 0 Å². The zero-order valence-corrected chi connectivity index (χ0v) is 19.3. The smallest absolute Gasteiger partial charge is 0.411 e. The van der Waals surface area contributed by atoms with Crippen LogP contribution in [0, 0.1) is 0 Å². The van der Waals surface area contributed by atoms with Crippen LogP contribution in [0.15, 0.2) is 54.7 Å². The van der Waals surface area contributed by atoms with Crippen molar-refractivity contribution in [1.29, 1.82) is 0 Å². The Morgan fingerprint density at radius 3 is 2.52 bits per heavy atom. The Balaban J connectivity index is 1.27. The lowest BCUT2D eigenvalue weighted by molar-refractivity contribution is 0.0663. The maximum atomic E-state index is 13.0. The SMILES string of the molecule is Cn1cc2cccc(C(=O)NC3CCC(N4C(=O)OC(C)(C)[C@@H]4c4ccccc4)CC3)c2n1. The molecule has 0 bridgehead atoms. The van der Waals surface area contributed by atoms with Gasteiger partial charge >= 0.3 is 6.09 Å². The summed E-state index contributed by atoms with van der Waals surface area (Å²) in [6.45, 7) is 3.96. The first kappa shape index (κ1) is 21.5. The van der Waals surface area contributed by atoms with Gasteiger partial charge in [-0.25, -0.2) is 4.79 Å². The van der Waals surface area contributed by atoms with Crippen LogP contribution in [0.3, 0.4) is 0 Å². The number of rotatable bonds is 4. The highest BCUT2D eigenvalue weighted by atomic mass is 16.6. The summed E-state index contributed by atoms with van der Waals surface area (Å²) < 4.78 is 7.51. The molecule has 1 aliphatic heterocycles. The Kier molecular flexibility index (Phi) is 5.35. The van der Waals surface area contributed by atoms with Crippen LogP contribution in [-0.4, -0.2) is 44.4 Å². The topological polar surface area (TPSA) is 76.5 Å². The second-order valence-corrected chi connectivity index (χ2v) is 9.72. The standard InChI is InChI=1S/C26H30N4O3/c1-26(2)23(17-8-5-4-6-9-17)30(25(32)33-26)20-14-12-19(13-15-20)27-24(31)21-11-7-10-18-16-29(3)28-22(18)21/h4-11,16,19-20,23H,12-15H2,1-3H3,(H,27,31)/t19?,20?,23-/m0/s1. The van der Waals surface area contributed by atoms with Crippen molar-refractivity contribution in [3.05, 3.63) is 65.9 Å². The van der Waals surface area contributed by atoms with Crippen molar-refractivity contribution in [1.82, 2.24) is 20.0 Å². The molecule has 1 atom stereocenters. The van der Waals surface area contributed by atoms with Crippen LogP contribution in [0.4, 0.5) is 4.79 Å². The molecule has 1 aromatic heterocycles. The molecule has 2 amide bonds. The molecule has 0 spiro atoms. The Morgan fingerprint density at radius 2 is 1.79 bits per heavy atom. The van der Waals surface area contributed by atoms with Gasteiger partial charge in [0.15, 0.2) is 0 Å².